The summed E-state index contributed by atoms with van der Waals surface area (Å²) in [6.07, 6.45) is 8.19. The number of rotatable bonds is 6. The molecule has 0 amide bonds. The first-order valence-electron chi connectivity index (χ1n) is 6.57. The Kier molecular flexibility index (Phi) is 11.8. The van der Waals surface area contributed by atoms with Crippen LogP contribution >= 0.6 is 0 Å². The van der Waals surface area contributed by atoms with Crippen LogP contribution in [0.25, 0.3) is 0 Å². The third-order valence-electron chi connectivity index (χ3n) is 2.98. The van der Waals surface area contributed by atoms with Crippen LogP contribution in [0.15, 0.2) is 21.6 Å². The van der Waals surface area contributed by atoms with E-state index in [1.807, 2.05) is 0 Å². The molecule has 1 rings (SSSR count). The Morgan fingerprint density at radius 3 is 2.26 bits per heavy atom. The summed E-state index contributed by atoms with van der Waals surface area (Å²) in [4.78, 5) is 0. The van der Waals surface area contributed by atoms with Gasteiger partial charge in [-0.25, -0.2) is 0 Å². The Labute approximate surface area is 145 Å². The predicted molar refractivity (Wildman–Crippen MR) is 77.1 cm³/mol. The Morgan fingerprint density at radius 1 is 1.32 bits per heavy atom. The fraction of sp³-hybridized carbons (Fsp3) is 0.692. The summed E-state index contributed by atoms with van der Waals surface area (Å²) in [5.41, 5.74) is 2.12. The fourth-order valence-corrected chi connectivity index (χ4v) is 6.75. The molecule has 1 unspecified atom stereocenters. The number of hydrogen-bond donors (Lipinski definition) is 0. The van der Waals surface area contributed by atoms with Gasteiger partial charge < -0.3 is 24.8 Å². The van der Waals surface area contributed by atoms with Gasteiger partial charge in [-0.05, 0) is 0 Å². The van der Waals surface area contributed by atoms with Crippen LogP contribution in [0, 0.1) is 0 Å². The van der Waals surface area contributed by atoms with E-state index in [4.69, 9.17) is 4.43 Å². The second-order valence-corrected chi connectivity index (χ2v) is 14.8. The molecule has 19 heavy (non-hydrogen) atoms. The number of halogens is 2. The van der Waals surface area contributed by atoms with Crippen molar-refractivity contribution < 1.29 is 49.7 Å². The summed E-state index contributed by atoms with van der Waals surface area (Å²) in [5, 5.41) is 0. The molecule has 0 aromatic heterocycles. The largest absolute Gasteiger partial charge is 1.00 e. The first-order valence-corrected chi connectivity index (χ1v) is 13.7. The number of hydrogen-bond acceptors (Lipinski definition) is 1. The normalized spacial score (nSPS) is 16.4. The van der Waals surface area contributed by atoms with Gasteiger partial charge in [0.1, 0.15) is 0 Å². The summed E-state index contributed by atoms with van der Waals surface area (Å²) >= 11 is 2.26. The van der Waals surface area contributed by atoms with E-state index in [-0.39, 0.29) is 24.8 Å². The van der Waals surface area contributed by atoms with Gasteiger partial charge in [0.05, 0.1) is 0 Å². The van der Waals surface area contributed by atoms with Crippen LogP contribution in [0.3, 0.4) is 0 Å². The first kappa shape index (κ1) is 22.4. The minimum absolute atomic E-state index is 0. The second kappa shape index (κ2) is 9.99. The summed E-state index contributed by atoms with van der Waals surface area (Å²) in [6, 6.07) is 0. The van der Waals surface area contributed by atoms with Crippen molar-refractivity contribution in [1.82, 2.24) is 0 Å². The van der Waals surface area contributed by atoms with Crippen molar-refractivity contribution in [3.8, 4) is 0 Å². The van der Waals surface area contributed by atoms with E-state index in [1.165, 1.54) is 12.8 Å². The van der Waals surface area contributed by atoms with Gasteiger partial charge in [0.2, 0.25) is 0 Å². The third-order valence-corrected chi connectivity index (χ3v) is 7.03. The molecule has 0 aromatic carbocycles. The van der Waals surface area contributed by atoms with Gasteiger partial charge in [0.15, 0.2) is 0 Å². The van der Waals surface area contributed by atoms with Crippen molar-refractivity contribution in [3.63, 3.8) is 0 Å². The first-order chi connectivity index (χ1) is 7.79. The van der Waals surface area contributed by atoms with Crippen LogP contribution in [0.5, 0.6) is 0 Å². The second-order valence-electron chi connectivity index (χ2n) is 6.16. The molecule has 0 bridgehead atoms. The quantitative estimate of drug-likeness (QED) is 0.481. The Bertz CT molecular complexity index is 325. The van der Waals surface area contributed by atoms with Crippen molar-refractivity contribution in [1.29, 1.82) is 0 Å². The third kappa shape index (κ3) is 8.92. The average Bonchev–Trinajstić information content (AvgIpc) is 2.56. The van der Waals surface area contributed by atoms with Crippen molar-refractivity contribution in [3.05, 3.63) is 21.6 Å². The van der Waals surface area contributed by atoms with Gasteiger partial charge >= 0.3 is 121 Å². The van der Waals surface area contributed by atoms with E-state index < -0.39 is 17.1 Å². The van der Waals surface area contributed by atoms with Gasteiger partial charge in [0.25, 0.3) is 0 Å². The van der Waals surface area contributed by atoms with E-state index in [1.54, 1.807) is 9.45 Å². The molecule has 0 fully saturated rings. The molecule has 0 radical (unpaired) electrons. The minimum atomic E-state index is -1.38. The maximum Gasteiger partial charge on any atom is -1.00 e. The van der Waals surface area contributed by atoms with Crippen molar-refractivity contribution in [2.45, 2.75) is 57.7 Å². The maximum atomic E-state index is 6.35. The standard InChI is InChI=1S/C13H25OSi2.2ClH.Ti/c1-15(2)13(14-16(3,4)5)11-10-12-8-6-7-9-12;;;/h6,8,13,15H,7,10-11H2,1-5H3;2*1H;/q;;;+2/p-2. The Morgan fingerprint density at radius 2 is 1.89 bits per heavy atom. The van der Waals surface area contributed by atoms with Gasteiger partial charge in [-0.1, -0.05) is 0 Å². The van der Waals surface area contributed by atoms with E-state index in [0.717, 1.165) is 6.42 Å². The Balaban J connectivity index is 0. The zero-order chi connectivity index (χ0) is 13.1. The Hall–Kier alpha value is 1.17. The summed E-state index contributed by atoms with van der Waals surface area (Å²) in [7, 11) is -2.08. The molecule has 109 valence electrons. The predicted octanol–water partition coefficient (Wildman–Crippen LogP) is -2.22. The van der Waals surface area contributed by atoms with Crippen LogP contribution in [-0.4, -0.2) is 22.8 Å². The molecule has 6 heteroatoms. The van der Waals surface area contributed by atoms with Gasteiger partial charge in [-0.3, -0.25) is 0 Å². The molecule has 0 spiro atoms. The van der Waals surface area contributed by atoms with Crippen LogP contribution < -0.4 is 24.8 Å². The molecule has 0 heterocycles. The molecule has 1 atom stereocenters. The van der Waals surface area contributed by atoms with E-state index in [9.17, 15) is 0 Å². The van der Waals surface area contributed by atoms with E-state index in [2.05, 4.69) is 65.3 Å². The molecular weight excluding hydrogens is 347 g/mol. The van der Waals surface area contributed by atoms with Gasteiger partial charge in [0, 0.05) is 0 Å². The van der Waals surface area contributed by atoms with Crippen LogP contribution in [-0.2, 0) is 24.9 Å². The summed E-state index contributed by atoms with van der Waals surface area (Å²) in [6.45, 7) is 11.7. The molecule has 1 nitrogen and oxygen atoms in total. The van der Waals surface area contributed by atoms with Crippen LogP contribution in [0.1, 0.15) is 19.3 Å². The SMILES string of the molecule is C[SiH](C)C(CCC1=[C]([Ti+2])CC=C1)O[Si](C)(C)C.[Cl-].[Cl-]. The topological polar surface area (TPSA) is 9.23 Å². The monoisotopic (exact) mass is 371 g/mol. The zero-order valence-electron chi connectivity index (χ0n) is 12.6. The van der Waals surface area contributed by atoms with Crippen molar-refractivity contribution >= 4 is 17.1 Å². The summed E-state index contributed by atoms with van der Waals surface area (Å²) < 4.78 is 7.91. The molecule has 1 aliphatic rings. The van der Waals surface area contributed by atoms with E-state index in [0.29, 0.717) is 5.73 Å². The molecular formula is C13H25Cl2OSi2Ti. The maximum absolute atomic E-state index is 6.35. The van der Waals surface area contributed by atoms with E-state index >= 15 is 0 Å². The molecule has 0 aliphatic heterocycles. The van der Waals surface area contributed by atoms with Crippen LogP contribution in [0.2, 0.25) is 32.7 Å². The van der Waals surface area contributed by atoms with Gasteiger partial charge in [-0.2, -0.15) is 0 Å². The van der Waals surface area contributed by atoms with Crippen molar-refractivity contribution in [2.75, 3.05) is 0 Å². The molecule has 0 saturated carbocycles. The minimum Gasteiger partial charge on any atom is -1.00 e. The molecule has 0 saturated heterocycles. The van der Waals surface area contributed by atoms with Crippen LogP contribution in [0.4, 0.5) is 0 Å². The smallest absolute Gasteiger partial charge is 1.00 e. The number of allylic oxidation sites excluding steroid dienone is 4. The molecule has 1 aliphatic carbocycles. The van der Waals surface area contributed by atoms with Crippen molar-refractivity contribution in [2.24, 2.45) is 0 Å². The fourth-order valence-electron chi connectivity index (χ4n) is 2.07. The average molecular weight is 372 g/mol. The molecule has 0 aromatic rings. The molecule has 0 N–H and O–H groups in total. The van der Waals surface area contributed by atoms with Gasteiger partial charge in [-0.15, -0.1) is 0 Å². The zero-order valence-corrected chi connectivity index (χ0v) is 17.8. The summed E-state index contributed by atoms with van der Waals surface area (Å²) in [5.74, 6) is 0.